The van der Waals surface area contributed by atoms with Crippen LogP contribution in [-0.4, -0.2) is 12.6 Å². The Morgan fingerprint density at radius 1 is 1.43 bits per heavy atom. The van der Waals surface area contributed by atoms with Gasteiger partial charge in [-0.3, -0.25) is 4.79 Å². The third-order valence-corrected chi connectivity index (χ3v) is 2.85. The second kappa shape index (κ2) is 5.18. The van der Waals surface area contributed by atoms with Crippen LogP contribution in [0.1, 0.15) is 46.0 Å². The molecule has 0 aromatic heterocycles. The minimum absolute atomic E-state index is 0.0356. The molecule has 1 atom stereocenters. The summed E-state index contributed by atoms with van der Waals surface area (Å²) >= 11 is 0. The maximum atomic E-state index is 11.7. The van der Waals surface area contributed by atoms with Crippen molar-refractivity contribution in [3.8, 4) is 0 Å². The summed E-state index contributed by atoms with van der Waals surface area (Å²) in [5.74, 6) is -0.0356. The minimum atomic E-state index is -0.285. The summed E-state index contributed by atoms with van der Waals surface area (Å²) in [4.78, 5) is 11.7. The van der Waals surface area contributed by atoms with Crippen molar-refractivity contribution in [3.05, 3.63) is 12.2 Å². The molecule has 2 nitrogen and oxygen atoms in total. The summed E-state index contributed by atoms with van der Waals surface area (Å²) in [6.07, 6.45) is 9.54. The van der Waals surface area contributed by atoms with Gasteiger partial charge in [-0.15, -0.1) is 0 Å². The second-order valence-corrected chi connectivity index (χ2v) is 4.20. The summed E-state index contributed by atoms with van der Waals surface area (Å²) in [7, 11) is 0. The maximum absolute atomic E-state index is 11.7. The average Bonchev–Trinajstić information content (AvgIpc) is 2.12. The predicted octanol–water partition coefficient (Wildman–Crippen LogP) is 3.08. The van der Waals surface area contributed by atoms with Crippen LogP contribution in [-0.2, 0) is 9.53 Å². The lowest BCUT2D eigenvalue weighted by Gasteiger charge is -2.26. The molecular weight excluding hydrogens is 176 g/mol. The first kappa shape index (κ1) is 11.3. The highest BCUT2D eigenvalue weighted by molar-refractivity contribution is 5.76. The van der Waals surface area contributed by atoms with Crippen LogP contribution in [0, 0.1) is 5.41 Å². The van der Waals surface area contributed by atoms with Crippen molar-refractivity contribution < 1.29 is 9.53 Å². The van der Waals surface area contributed by atoms with Gasteiger partial charge in [-0.1, -0.05) is 18.6 Å². The number of hydrogen-bond acceptors (Lipinski definition) is 2. The Hall–Kier alpha value is -0.790. The minimum Gasteiger partial charge on any atom is -0.466 e. The van der Waals surface area contributed by atoms with Gasteiger partial charge in [0.05, 0.1) is 12.0 Å². The number of allylic oxidation sites excluding steroid dienone is 2. The first-order valence-corrected chi connectivity index (χ1v) is 5.51. The van der Waals surface area contributed by atoms with Crippen LogP contribution >= 0.6 is 0 Å². The molecule has 1 rings (SSSR count). The summed E-state index contributed by atoms with van der Waals surface area (Å²) < 4.78 is 5.11. The second-order valence-electron chi connectivity index (χ2n) is 4.20. The van der Waals surface area contributed by atoms with Gasteiger partial charge in [0.25, 0.3) is 0 Å². The topological polar surface area (TPSA) is 26.3 Å². The van der Waals surface area contributed by atoms with Crippen molar-refractivity contribution in [3.63, 3.8) is 0 Å². The molecule has 0 saturated heterocycles. The monoisotopic (exact) mass is 196 g/mol. The van der Waals surface area contributed by atoms with E-state index in [0.29, 0.717) is 6.61 Å². The zero-order chi connectivity index (χ0) is 10.4. The van der Waals surface area contributed by atoms with Gasteiger partial charge in [-0.05, 0) is 39.5 Å². The number of rotatable bonds is 2. The first-order valence-electron chi connectivity index (χ1n) is 5.51. The molecule has 0 heterocycles. The third-order valence-electron chi connectivity index (χ3n) is 2.85. The van der Waals surface area contributed by atoms with Crippen molar-refractivity contribution in [1.82, 2.24) is 0 Å². The van der Waals surface area contributed by atoms with Gasteiger partial charge >= 0.3 is 5.97 Å². The molecule has 0 spiro atoms. The number of ether oxygens (including phenoxy) is 1. The van der Waals surface area contributed by atoms with Crippen molar-refractivity contribution in [1.29, 1.82) is 0 Å². The first-order chi connectivity index (χ1) is 6.69. The summed E-state index contributed by atoms with van der Waals surface area (Å²) in [6, 6.07) is 0. The molecule has 1 aliphatic rings. The largest absolute Gasteiger partial charge is 0.466 e. The molecule has 0 fully saturated rings. The van der Waals surface area contributed by atoms with Crippen LogP contribution in [0.15, 0.2) is 12.2 Å². The van der Waals surface area contributed by atoms with E-state index in [0.717, 1.165) is 25.7 Å². The summed E-state index contributed by atoms with van der Waals surface area (Å²) in [6.45, 7) is 4.36. The molecule has 0 saturated carbocycles. The summed E-state index contributed by atoms with van der Waals surface area (Å²) in [5.41, 5.74) is -0.285. The van der Waals surface area contributed by atoms with Crippen LogP contribution < -0.4 is 0 Å². The predicted molar refractivity (Wildman–Crippen MR) is 57.0 cm³/mol. The Kier molecular flexibility index (Phi) is 4.18. The van der Waals surface area contributed by atoms with E-state index in [1.165, 1.54) is 6.42 Å². The number of hydrogen-bond donors (Lipinski definition) is 0. The molecule has 1 aliphatic carbocycles. The molecular formula is C12H20O2. The molecule has 0 aromatic carbocycles. The van der Waals surface area contributed by atoms with Crippen molar-refractivity contribution in [2.24, 2.45) is 5.41 Å². The molecule has 0 radical (unpaired) electrons. The maximum Gasteiger partial charge on any atom is 0.312 e. The molecule has 2 heteroatoms. The smallest absolute Gasteiger partial charge is 0.312 e. The van der Waals surface area contributed by atoms with Gasteiger partial charge in [0.15, 0.2) is 0 Å². The fraction of sp³-hybridized carbons (Fsp3) is 0.750. The van der Waals surface area contributed by atoms with Crippen LogP contribution in [0.4, 0.5) is 0 Å². The molecule has 0 N–H and O–H groups in total. The Balaban J connectivity index is 2.63. The fourth-order valence-corrected chi connectivity index (χ4v) is 1.83. The van der Waals surface area contributed by atoms with Crippen molar-refractivity contribution in [2.75, 3.05) is 6.61 Å². The van der Waals surface area contributed by atoms with Gasteiger partial charge in [-0.2, -0.15) is 0 Å². The molecule has 14 heavy (non-hydrogen) atoms. The van der Waals surface area contributed by atoms with Crippen LogP contribution in [0.5, 0.6) is 0 Å². The highest BCUT2D eigenvalue weighted by Gasteiger charge is 2.33. The highest BCUT2D eigenvalue weighted by atomic mass is 16.5. The van der Waals surface area contributed by atoms with Crippen LogP contribution in [0.3, 0.4) is 0 Å². The number of carbonyl (C=O) groups is 1. The molecule has 0 aromatic rings. The lowest BCUT2D eigenvalue weighted by Crippen LogP contribution is -2.29. The highest BCUT2D eigenvalue weighted by Crippen LogP contribution is 2.32. The van der Waals surface area contributed by atoms with E-state index in [-0.39, 0.29) is 11.4 Å². The molecule has 0 aliphatic heterocycles. The normalized spacial score (nSPS) is 30.1. The van der Waals surface area contributed by atoms with E-state index in [9.17, 15) is 4.79 Å². The molecule has 1 unspecified atom stereocenters. The van der Waals surface area contributed by atoms with Gasteiger partial charge < -0.3 is 4.74 Å². The van der Waals surface area contributed by atoms with E-state index >= 15 is 0 Å². The Morgan fingerprint density at radius 3 is 2.93 bits per heavy atom. The van der Waals surface area contributed by atoms with Gasteiger partial charge in [0, 0.05) is 0 Å². The van der Waals surface area contributed by atoms with Gasteiger partial charge in [0.2, 0.25) is 0 Å². The fourth-order valence-electron chi connectivity index (χ4n) is 1.83. The average molecular weight is 196 g/mol. The van der Waals surface area contributed by atoms with Crippen molar-refractivity contribution in [2.45, 2.75) is 46.0 Å². The van der Waals surface area contributed by atoms with E-state index < -0.39 is 0 Å². The van der Waals surface area contributed by atoms with Crippen LogP contribution in [0.2, 0.25) is 0 Å². The SMILES string of the molecule is CCOC(=O)C1(C)C/C=C\CCCC1. The lowest BCUT2D eigenvalue weighted by molar-refractivity contribution is -0.154. The van der Waals surface area contributed by atoms with E-state index in [4.69, 9.17) is 4.74 Å². The molecule has 0 amide bonds. The van der Waals surface area contributed by atoms with Crippen molar-refractivity contribution >= 4 is 5.97 Å². The molecule has 80 valence electrons. The Bertz CT molecular complexity index is 220. The number of carbonyl (C=O) groups excluding carboxylic acids is 1. The standard InChI is InChI=1S/C12H20O2/c1-3-14-11(13)12(2)9-7-5-4-6-8-10-12/h5,7H,3-4,6,8-10H2,1-2H3/b7-5-. The summed E-state index contributed by atoms with van der Waals surface area (Å²) in [5, 5.41) is 0. The van der Waals surface area contributed by atoms with E-state index in [2.05, 4.69) is 12.2 Å². The lowest BCUT2D eigenvalue weighted by atomic mass is 9.80. The molecule has 0 bridgehead atoms. The van der Waals surface area contributed by atoms with Gasteiger partial charge in [-0.25, -0.2) is 0 Å². The third kappa shape index (κ3) is 2.86. The van der Waals surface area contributed by atoms with Crippen LogP contribution in [0.25, 0.3) is 0 Å². The number of esters is 1. The zero-order valence-corrected chi connectivity index (χ0v) is 9.21. The quantitative estimate of drug-likeness (QED) is 0.501. The van der Waals surface area contributed by atoms with E-state index in [1.807, 2.05) is 13.8 Å². The zero-order valence-electron chi connectivity index (χ0n) is 9.21. The van der Waals surface area contributed by atoms with Gasteiger partial charge in [0.1, 0.15) is 0 Å². The van der Waals surface area contributed by atoms with E-state index in [1.54, 1.807) is 0 Å². The Labute approximate surface area is 86.3 Å². The Morgan fingerprint density at radius 2 is 2.21 bits per heavy atom.